The molecule has 4 nitrogen and oxygen atoms in total. The maximum absolute atomic E-state index is 11.2. The summed E-state index contributed by atoms with van der Waals surface area (Å²) in [6.07, 6.45) is -0.677. The van der Waals surface area contributed by atoms with Gasteiger partial charge in [0.25, 0.3) is 0 Å². The molecule has 1 rings (SSSR count). The van der Waals surface area contributed by atoms with E-state index in [1.165, 1.54) is 14.0 Å². The standard InChI is InChI=1S/C10H11NO3/c1-8(12)11(2)10(13)14-9-6-4-3-5-7-9/h3-7H,1-2H3. The zero-order valence-corrected chi connectivity index (χ0v) is 8.06. The number of para-hydroxylation sites is 1. The highest BCUT2D eigenvalue weighted by Crippen LogP contribution is 2.09. The molecule has 0 bridgehead atoms. The van der Waals surface area contributed by atoms with E-state index in [-0.39, 0.29) is 5.91 Å². The van der Waals surface area contributed by atoms with Gasteiger partial charge in [-0.3, -0.25) is 9.69 Å². The van der Waals surface area contributed by atoms with Crippen molar-refractivity contribution in [2.24, 2.45) is 0 Å². The number of carbonyl (C=O) groups excluding carboxylic acids is 2. The van der Waals surface area contributed by atoms with Crippen molar-refractivity contribution >= 4 is 12.0 Å². The van der Waals surface area contributed by atoms with E-state index in [4.69, 9.17) is 4.74 Å². The van der Waals surface area contributed by atoms with Gasteiger partial charge in [0, 0.05) is 14.0 Å². The normalized spacial score (nSPS) is 9.29. The number of nitrogens with zero attached hydrogens (tertiary/aromatic N) is 1. The lowest BCUT2D eigenvalue weighted by Gasteiger charge is -2.12. The Hall–Kier alpha value is -1.84. The molecule has 0 heterocycles. The van der Waals surface area contributed by atoms with Gasteiger partial charge in [-0.25, -0.2) is 4.79 Å². The van der Waals surface area contributed by atoms with Crippen LogP contribution in [0.15, 0.2) is 30.3 Å². The second-order valence-corrected chi connectivity index (χ2v) is 2.76. The lowest BCUT2D eigenvalue weighted by molar-refractivity contribution is -0.125. The van der Waals surface area contributed by atoms with Crippen molar-refractivity contribution in [1.82, 2.24) is 4.90 Å². The molecule has 0 fully saturated rings. The Morgan fingerprint density at radius 3 is 2.29 bits per heavy atom. The summed E-state index contributed by atoms with van der Waals surface area (Å²) in [6, 6.07) is 8.59. The summed E-state index contributed by atoms with van der Waals surface area (Å²) in [5.41, 5.74) is 0. The van der Waals surface area contributed by atoms with E-state index in [9.17, 15) is 9.59 Å². The number of amides is 2. The van der Waals surface area contributed by atoms with Gasteiger partial charge in [0.2, 0.25) is 5.91 Å². The van der Waals surface area contributed by atoms with Crippen molar-refractivity contribution in [1.29, 1.82) is 0 Å². The zero-order chi connectivity index (χ0) is 10.6. The lowest BCUT2D eigenvalue weighted by atomic mass is 10.3. The Labute approximate surface area is 82.1 Å². The van der Waals surface area contributed by atoms with Gasteiger partial charge >= 0.3 is 6.09 Å². The minimum atomic E-state index is -0.677. The van der Waals surface area contributed by atoms with Crippen molar-refractivity contribution < 1.29 is 14.3 Å². The summed E-state index contributed by atoms with van der Waals surface area (Å²) in [5.74, 6) is 0.0662. The first kappa shape index (κ1) is 10.2. The van der Waals surface area contributed by atoms with Gasteiger partial charge < -0.3 is 4.74 Å². The Balaban J connectivity index is 2.62. The molecule has 4 heteroatoms. The smallest absolute Gasteiger partial charge is 0.410 e. The van der Waals surface area contributed by atoms with E-state index in [0.29, 0.717) is 5.75 Å². The van der Waals surface area contributed by atoms with Crippen LogP contribution >= 0.6 is 0 Å². The number of carbonyl (C=O) groups is 2. The molecule has 0 saturated heterocycles. The zero-order valence-electron chi connectivity index (χ0n) is 8.06. The summed E-state index contributed by atoms with van der Waals surface area (Å²) >= 11 is 0. The fourth-order valence-electron chi connectivity index (χ4n) is 0.786. The van der Waals surface area contributed by atoms with Gasteiger partial charge in [-0.05, 0) is 12.1 Å². The van der Waals surface area contributed by atoms with E-state index in [2.05, 4.69) is 0 Å². The van der Waals surface area contributed by atoms with Crippen LogP contribution in [0.25, 0.3) is 0 Å². The van der Waals surface area contributed by atoms with E-state index >= 15 is 0 Å². The third-order valence-electron chi connectivity index (χ3n) is 1.69. The molecule has 0 atom stereocenters. The van der Waals surface area contributed by atoms with Crippen LogP contribution in [-0.4, -0.2) is 23.9 Å². The van der Waals surface area contributed by atoms with Crippen LogP contribution in [0.5, 0.6) is 5.75 Å². The number of hydrogen-bond acceptors (Lipinski definition) is 3. The van der Waals surface area contributed by atoms with Crippen molar-refractivity contribution in [3.05, 3.63) is 30.3 Å². The van der Waals surface area contributed by atoms with Gasteiger partial charge in [-0.2, -0.15) is 0 Å². The molecule has 0 unspecified atom stereocenters. The molecule has 2 amide bonds. The molecule has 0 spiro atoms. The number of rotatable bonds is 1. The molecule has 0 N–H and O–H groups in total. The molecule has 14 heavy (non-hydrogen) atoms. The Kier molecular flexibility index (Phi) is 3.23. The molecule has 1 aromatic rings. The summed E-state index contributed by atoms with van der Waals surface area (Å²) in [5, 5.41) is 0. The van der Waals surface area contributed by atoms with Crippen molar-refractivity contribution in [3.8, 4) is 5.75 Å². The average Bonchev–Trinajstić information content (AvgIpc) is 2.18. The molecule has 0 radical (unpaired) electrons. The van der Waals surface area contributed by atoms with Gasteiger partial charge in [-0.1, -0.05) is 18.2 Å². The minimum Gasteiger partial charge on any atom is -0.410 e. The Bertz CT molecular complexity index is 334. The fraction of sp³-hybridized carbons (Fsp3) is 0.200. The number of hydrogen-bond donors (Lipinski definition) is 0. The van der Waals surface area contributed by atoms with Crippen molar-refractivity contribution in [3.63, 3.8) is 0 Å². The number of imide groups is 1. The SMILES string of the molecule is CC(=O)N(C)C(=O)Oc1ccccc1. The van der Waals surface area contributed by atoms with Gasteiger partial charge in [-0.15, -0.1) is 0 Å². The first-order valence-electron chi connectivity index (χ1n) is 4.12. The topological polar surface area (TPSA) is 46.6 Å². The minimum absolute atomic E-state index is 0.356. The summed E-state index contributed by atoms with van der Waals surface area (Å²) in [7, 11) is 1.37. The second kappa shape index (κ2) is 4.41. The van der Waals surface area contributed by atoms with Crippen molar-refractivity contribution in [2.45, 2.75) is 6.92 Å². The van der Waals surface area contributed by atoms with Gasteiger partial charge in [0.1, 0.15) is 5.75 Å². The molecule has 0 aliphatic carbocycles. The fourth-order valence-corrected chi connectivity index (χ4v) is 0.786. The molecular formula is C10H11NO3. The maximum atomic E-state index is 11.2. The van der Waals surface area contributed by atoms with Crippen LogP contribution in [0.4, 0.5) is 4.79 Å². The third kappa shape index (κ3) is 2.58. The average molecular weight is 193 g/mol. The highest BCUT2D eigenvalue weighted by atomic mass is 16.6. The van der Waals surface area contributed by atoms with Crippen LogP contribution in [0.1, 0.15) is 6.92 Å². The number of ether oxygens (including phenoxy) is 1. The van der Waals surface area contributed by atoms with Gasteiger partial charge in [0.05, 0.1) is 0 Å². The van der Waals surface area contributed by atoms with E-state index in [1.807, 2.05) is 6.07 Å². The quantitative estimate of drug-likeness (QED) is 0.681. The first-order valence-corrected chi connectivity index (χ1v) is 4.12. The van der Waals surface area contributed by atoms with E-state index < -0.39 is 6.09 Å². The summed E-state index contributed by atoms with van der Waals surface area (Å²) < 4.78 is 4.90. The van der Waals surface area contributed by atoms with E-state index in [1.54, 1.807) is 24.3 Å². The van der Waals surface area contributed by atoms with Gasteiger partial charge in [0.15, 0.2) is 0 Å². The molecule has 0 aliphatic rings. The lowest BCUT2D eigenvalue weighted by Crippen LogP contribution is -2.33. The van der Waals surface area contributed by atoms with E-state index in [0.717, 1.165) is 4.90 Å². The number of benzene rings is 1. The van der Waals surface area contributed by atoms with Crippen LogP contribution in [0.2, 0.25) is 0 Å². The predicted octanol–water partition coefficient (Wildman–Crippen LogP) is 1.66. The van der Waals surface area contributed by atoms with Crippen LogP contribution in [0, 0.1) is 0 Å². The molecule has 74 valence electrons. The predicted molar refractivity (Wildman–Crippen MR) is 50.9 cm³/mol. The van der Waals surface area contributed by atoms with Crippen LogP contribution in [-0.2, 0) is 4.79 Å². The molecule has 0 aliphatic heterocycles. The molecule has 0 aromatic heterocycles. The Morgan fingerprint density at radius 2 is 1.79 bits per heavy atom. The summed E-state index contributed by atoms with van der Waals surface area (Å²) in [6.45, 7) is 1.30. The van der Waals surface area contributed by atoms with Crippen LogP contribution < -0.4 is 4.74 Å². The highest BCUT2D eigenvalue weighted by Gasteiger charge is 2.14. The maximum Gasteiger partial charge on any atom is 0.421 e. The monoisotopic (exact) mass is 193 g/mol. The Morgan fingerprint density at radius 1 is 1.21 bits per heavy atom. The highest BCUT2D eigenvalue weighted by molar-refractivity contribution is 5.90. The first-order chi connectivity index (χ1) is 6.61. The molecule has 1 aromatic carbocycles. The second-order valence-electron chi connectivity index (χ2n) is 2.76. The third-order valence-corrected chi connectivity index (χ3v) is 1.69. The largest absolute Gasteiger partial charge is 0.421 e. The summed E-state index contributed by atoms with van der Waals surface area (Å²) in [4.78, 5) is 22.9. The molecular weight excluding hydrogens is 182 g/mol. The van der Waals surface area contributed by atoms with Crippen molar-refractivity contribution in [2.75, 3.05) is 7.05 Å². The van der Waals surface area contributed by atoms with Crippen LogP contribution in [0.3, 0.4) is 0 Å². The molecule has 0 saturated carbocycles.